The molecule has 2 atom stereocenters. The van der Waals surface area contributed by atoms with E-state index < -0.39 is 5.82 Å². The number of furan rings is 1. The molecule has 3 aromatic rings. The molecule has 2 aliphatic rings. The van der Waals surface area contributed by atoms with Crippen molar-refractivity contribution in [2.75, 3.05) is 7.05 Å². The molecule has 2 aromatic heterocycles. The molecule has 1 fully saturated rings. The van der Waals surface area contributed by atoms with Gasteiger partial charge in [-0.2, -0.15) is 0 Å². The molecule has 1 saturated carbocycles. The van der Waals surface area contributed by atoms with Crippen LogP contribution in [0.5, 0.6) is 0 Å². The number of benzene rings is 1. The largest absolute Gasteiger partial charge is 0.448 e. The predicted molar refractivity (Wildman–Crippen MR) is 88.6 cm³/mol. The zero-order chi connectivity index (χ0) is 17.3. The highest BCUT2D eigenvalue weighted by Crippen LogP contribution is 2.39. The van der Waals surface area contributed by atoms with Gasteiger partial charge in [0.1, 0.15) is 22.7 Å². The maximum Gasteiger partial charge on any atom is 0.297 e. The van der Waals surface area contributed by atoms with E-state index in [0.29, 0.717) is 22.3 Å². The molecule has 7 heteroatoms. The topological polar surface area (TPSA) is 68.3 Å². The van der Waals surface area contributed by atoms with Gasteiger partial charge in [0.15, 0.2) is 0 Å². The van der Waals surface area contributed by atoms with Crippen LogP contribution in [0, 0.1) is 11.7 Å². The van der Waals surface area contributed by atoms with Gasteiger partial charge in [-0.25, -0.2) is 9.37 Å². The van der Waals surface area contributed by atoms with Crippen LogP contribution in [0.15, 0.2) is 27.4 Å². The highest BCUT2D eigenvalue weighted by molar-refractivity contribution is 6.02. The lowest BCUT2D eigenvalue weighted by Gasteiger charge is -2.19. The van der Waals surface area contributed by atoms with E-state index in [1.807, 2.05) is 0 Å². The Hall–Kier alpha value is -2.70. The minimum absolute atomic E-state index is 0.0657. The van der Waals surface area contributed by atoms with Gasteiger partial charge < -0.3 is 9.32 Å². The smallest absolute Gasteiger partial charge is 0.297 e. The number of carbonyl (C=O) groups excluding carboxylic acids is 1. The Labute approximate surface area is 141 Å². The number of nitrogens with zero attached hydrogens (tertiary/aromatic N) is 3. The maximum atomic E-state index is 13.5. The lowest BCUT2D eigenvalue weighted by molar-refractivity contribution is -0.134. The van der Waals surface area contributed by atoms with E-state index >= 15 is 0 Å². The standard InChI is InChI=1S/C18H16FN3O3/c1-21-8-14-20-15-11-6-5-9(19)7-13(11)25-16(15)18(24)22(14)12-4-2-3-10(12)17(21)23/h5-7,10,12H,2-4,8H2,1H3/t10-,12+/m0/s1. The van der Waals surface area contributed by atoms with Crippen molar-refractivity contribution in [3.63, 3.8) is 0 Å². The van der Waals surface area contributed by atoms with Gasteiger partial charge in [-0.1, -0.05) is 6.42 Å². The number of rotatable bonds is 0. The van der Waals surface area contributed by atoms with Gasteiger partial charge in [-0.05, 0) is 25.0 Å². The zero-order valence-corrected chi connectivity index (χ0v) is 13.7. The van der Waals surface area contributed by atoms with Crippen LogP contribution >= 0.6 is 0 Å². The third-order valence-corrected chi connectivity index (χ3v) is 5.44. The number of carbonyl (C=O) groups is 1. The minimum atomic E-state index is -0.422. The summed E-state index contributed by atoms with van der Waals surface area (Å²) in [4.78, 5) is 32.0. The van der Waals surface area contributed by atoms with Crippen molar-refractivity contribution in [3.05, 3.63) is 40.2 Å². The molecule has 1 aromatic carbocycles. The summed E-state index contributed by atoms with van der Waals surface area (Å²) < 4.78 is 20.8. The Balaban J connectivity index is 1.86. The van der Waals surface area contributed by atoms with E-state index in [9.17, 15) is 14.0 Å². The molecule has 1 aliphatic carbocycles. The maximum absolute atomic E-state index is 13.5. The molecule has 1 aliphatic heterocycles. The quantitative estimate of drug-likeness (QED) is 0.630. The number of amides is 1. The summed E-state index contributed by atoms with van der Waals surface area (Å²) in [6, 6.07) is 3.98. The molecule has 0 unspecified atom stereocenters. The van der Waals surface area contributed by atoms with Crippen LogP contribution in [0.3, 0.4) is 0 Å². The van der Waals surface area contributed by atoms with Crippen molar-refractivity contribution in [3.8, 4) is 0 Å². The van der Waals surface area contributed by atoms with Crippen molar-refractivity contribution >= 4 is 28.0 Å². The number of halogens is 1. The fourth-order valence-electron chi connectivity index (χ4n) is 4.29. The number of hydrogen-bond donors (Lipinski definition) is 0. The monoisotopic (exact) mass is 341 g/mol. The van der Waals surface area contributed by atoms with Crippen molar-refractivity contribution < 1.29 is 13.6 Å². The molecule has 0 spiro atoms. The van der Waals surface area contributed by atoms with Crippen LogP contribution in [0.2, 0.25) is 0 Å². The van der Waals surface area contributed by atoms with Gasteiger partial charge in [0.05, 0.1) is 18.5 Å². The third kappa shape index (κ3) is 1.92. The third-order valence-electron chi connectivity index (χ3n) is 5.44. The van der Waals surface area contributed by atoms with E-state index in [1.165, 1.54) is 12.1 Å². The molecule has 1 amide bonds. The average molecular weight is 341 g/mol. The van der Waals surface area contributed by atoms with E-state index in [1.54, 1.807) is 22.6 Å². The zero-order valence-electron chi connectivity index (χ0n) is 13.7. The van der Waals surface area contributed by atoms with Crippen LogP contribution in [0.1, 0.15) is 31.1 Å². The highest BCUT2D eigenvalue weighted by Gasteiger charge is 2.40. The van der Waals surface area contributed by atoms with Gasteiger partial charge in [0.25, 0.3) is 5.56 Å². The van der Waals surface area contributed by atoms with Crippen molar-refractivity contribution in [2.45, 2.75) is 31.8 Å². The molecule has 6 nitrogen and oxygen atoms in total. The van der Waals surface area contributed by atoms with Crippen LogP contribution < -0.4 is 5.56 Å². The first kappa shape index (κ1) is 14.6. The lowest BCUT2D eigenvalue weighted by Crippen LogP contribution is -2.32. The number of hydrogen-bond acceptors (Lipinski definition) is 4. The molecular formula is C18H16FN3O3. The first-order valence-corrected chi connectivity index (χ1v) is 8.43. The fraction of sp³-hybridized carbons (Fsp3) is 0.389. The Morgan fingerprint density at radius 2 is 2.12 bits per heavy atom. The lowest BCUT2D eigenvalue weighted by atomic mass is 10.0. The van der Waals surface area contributed by atoms with Gasteiger partial charge in [-0.15, -0.1) is 0 Å². The second-order valence-corrected chi connectivity index (χ2v) is 6.92. The fourth-order valence-corrected chi connectivity index (χ4v) is 4.29. The van der Waals surface area contributed by atoms with Gasteiger partial charge >= 0.3 is 0 Å². The highest BCUT2D eigenvalue weighted by atomic mass is 19.1. The SMILES string of the molecule is CN1Cc2nc3c(oc4cc(F)ccc43)c(=O)n2[C@@H]2CCC[C@@H]2C1=O. The second-order valence-electron chi connectivity index (χ2n) is 6.92. The number of fused-ring (bicyclic) bond motifs is 6. The summed E-state index contributed by atoms with van der Waals surface area (Å²) in [6.07, 6.45) is 2.46. The van der Waals surface area contributed by atoms with Gasteiger partial charge in [-0.3, -0.25) is 14.2 Å². The summed E-state index contributed by atoms with van der Waals surface area (Å²) in [7, 11) is 1.74. The van der Waals surface area contributed by atoms with Crippen molar-refractivity contribution in [1.29, 1.82) is 0 Å². The second kappa shape index (κ2) is 4.91. The van der Waals surface area contributed by atoms with Crippen molar-refractivity contribution in [1.82, 2.24) is 14.5 Å². The predicted octanol–water partition coefficient (Wildman–Crippen LogP) is 2.60. The summed E-state index contributed by atoms with van der Waals surface area (Å²) in [5, 5.41) is 0.609. The molecule has 0 bridgehead atoms. The summed E-state index contributed by atoms with van der Waals surface area (Å²) in [5.41, 5.74) is 0.597. The van der Waals surface area contributed by atoms with Crippen LogP contribution in [0.25, 0.3) is 22.1 Å². The van der Waals surface area contributed by atoms with E-state index in [0.717, 1.165) is 19.3 Å². The molecular weight excluding hydrogens is 325 g/mol. The first-order chi connectivity index (χ1) is 12.0. The van der Waals surface area contributed by atoms with Crippen LogP contribution in [-0.4, -0.2) is 27.4 Å². The Bertz CT molecular complexity index is 1100. The van der Waals surface area contributed by atoms with E-state index in [4.69, 9.17) is 4.42 Å². The molecule has 0 radical (unpaired) electrons. The summed E-state index contributed by atoms with van der Waals surface area (Å²) >= 11 is 0. The molecule has 0 N–H and O–H groups in total. The first-order valence-electron chi connectivity index (χ1n) is 8.43. The normalized spacial score (nSPS) is 23.1. The minimum Gasteiger partial charge on any atom is -0.448 e. The Morgan fingerprint density at radius 1 is 1.28 bits per heavy atom. The molecule has 5 rings (SSSR count). The Morgan fingerprint density at radius 3 is 2.96 bits per heavy atom. The van der Waals surface area contributed by atoms with E-state index in [2.05, 4.69) is 4.98 Å². The summed E-state index contributed by atoms with van der Waals surface area (Å²) in [6.45, 7) is 0.283. The molecule has 3 heterocycles. The van der Waals surface area contributed by atoms with Crippen LogP contribution in [-0.2, 0) is 11.3 Å². The number of aromatic nitrogens is 2. The Kier molecular flexibility index (Phi) is 2.87. The van der Waals surface area contributed by atoms with Gasteiger partial charge in [0, 0.05) is 18.5 Å². The van der Waals surface area contributed by atoms with Gasteiger partial charge in [0.2, 0.25) is 11.5 Å². The molecule has 25 heavy (non-hydrogen) atoms. The average Bonchev–Trinajstić information content (AvgIpc) is 3.16. The van der Waals surface area contributed by atoms with Crippen LogP contribution in [0.4, 0.5) is 4.39 Å². The molecule has 0 saturated heterocycles. The molecule has 128 valence electrons. The van der Waals surface area contributed by atoms with Crippen molar-refractivity contribution in [2.24, 2.45) is 5.92 Å². The summed E-state index contributed by atoms with van der Waals surface area (Å²) in [5.74, 6) is 0.0187. The van der Waals surface area contributed by atoms with E-state index in [-0.39, 0.29) is 35.6 Å².